The lowest BCUT2D eigenvalue weighted by Gasteiger charge is -2.34. The Morgan fingerprint density at radius 3 is 2.75 bits per heavy atom. The van der Waals surface area contributed by atoms with Gasteiger partial charge in [0.15, 0.2) is 11.6 Å². The van der Waals surface area contributed by atoms with Crippen molar-refractivity contribution in [2.24, 2.45) is 5.41 Å². The SMILES string of the molecule is COc1cc(C(C)NCC2(C)CCOCC2)ccc1F. The van der Waals surface area contributed by atoms with Crippen LogP contribution in [0.3, 0.4) is 0 Å². The van der Waals surface area contributed by atoms with Gasteiger partial charge in [0.1, 0.15) is 0 Å². The van der Waals surface area contributed by atoms with E-state index in [1.807, 2.05) is 6.07 Å². The van der Waals surface area contributed by atoms with Crippen molar-refractivity contribution in [3.8, 4) is 5.75 Å². The molecule has 20 heavy (non-hydrogen) atoms. The topological polar surface area (TPSA) is 30.5 Å². The Labute approximate surface area is 120 Å². The van der Waals surface area contributed by atoms with E-state index in [4.69, 9.17) is 9.47 Å². The molecular formula is C16H24FNO2. The Kier molecular flexibility index (Phi) is 5.00. The van der Waals surface area contributed by atoms with Crippen LogP contribution in [0, 0.1) is 11.2 Å². The number of hydrogen-bond donors (Lipinski definition) is 1. The van der Waals surface area contributed by atoms with Gasteiger partial charge in [-0.2, -0.15) is 0 Å². The molecule has 1 aliphatic rings. The fraction of sp³-hybridized carbons (Fsp3) is 0.625. The zero-order valence-corrected chi connectivity index (χ0v) is 12.5. The summed E-state index contributed by atoms with van der Waals surface area (Å²) in [5.41, 5.74) is 1.33. The predicted octanol–water partition coefficient (Wildman–Crippen LogP) is 3.30. The molecule has 1 heterocycles. The Morgan fingerprint density at radius 1 is 1.40 bits per heavy atom. The van der Waals surface area contributed by atoms with Crippen LogP contribution in [0.4, 0.5) is 4.39 Å². The smallest absolute Gasteiger partial charge is 0.165 e. The van der Waals surface area contributed by atoms with Crippen molar-refractivity contribution in [1.82, 2.24) is 5.32 Å². The lowest BCUT2D eigenvalue weighted by atomic mass is 9.82. The van der Waals surface area contributed by atoms with Gasteiger partial charge in [-0.25, -0.2) is 4.39 Å². The monoisotopic (exact) mass is 281 g/mol. The van der Waals surface area contributed by atoms with E-state index in [2.05, 4.69) is 19.2 Å². The van der Waals surface area contributed by atoms with Gasteiger partial charge in [-0.1, -0.05) is 13.0 Å². The molecule has 1 unspecified atom stereocenters. The number of rotatable bonds is 5. The van der Waals surface area contributed by atoms with Crippen molar-refractivity contribution in [2.75, 3.05) is 26.9 Å². The van der Waals surface area contributed by atoms with Gasteiger partial charge >= 0.3 is 0 Å². The van der Waals surface area contributed by atoms with Crippen molar-refractivity contribution >= 4 is 0 Å². The maximum atomic E-state index is 13.4. The van der Waals surface area contributed by atoms with Crippen molar-refractivity contribution < 1.29 is 13.9 Å². The van der Waals surface area contributed by atoms with Crippen LogP contribution in [0.15, 0.2) is 18.2 Å². The summed E-state index contributed by atoms with van der Waals surface area (Å²) in [7, 11) is 1.49. The van der Waals surface area contributed by atoms with Gasteiger partial charge in [-0.15, -0.1) is 0 Å². The molecule has 0 aliphatic carbocycles. The lowest BCUT2D eigenvalue weighted by Crippen LogP contribution is -2.37. The van der Waals surface area contributed by atoms with Gasteiger partial charge in [0.05, 0.1) is 7.11 Å². The molecule has 2 rings (SSSR count). The maximum absolute atomic E-state index is 13.4. The van der Waals surface area contributed by atoms with E-state index in [1.54, 1.807) is 6.07 Å². The van der Waals surface area contributed by atoms with Crippen molar-refractivity contribution in [2.45, 2.75) is 32.7 Å². The zero-order valence-electron chi connectivity index (χ0n) is 12.5. The summed E-state index contributed by atoms with van der Waals surface area (Å²) in [4.78, 5) is 0. The van der Waals surface area contributed by atoms with Gasteiger partial charge in [-0.3, -0.25) is 0 Å². The molecule has 3 nitrogen and oxygen atoms in total. The third-order valence-electron chi connectivity index (χ3n) is 4.21. The highest BCUT2D eigenvalue weighted by Crippen LogP contribution is 2.30. The van der Waals surface area contributed by atoms with Crippen LogP contribution in [0.1, 0.15) is 38.3 Å². The number of ether oxygens (including phenoxy) is 2. The quantitative estimate of drug-likeness (QED) is 0.898. The summed E-state index contributed by atoms with van der Waals surface area (Å²) < 4.78 is 23.9. The summed E-state index contributed by atoms with van der Waals surface area (Å²) >= 11 is 0. The van der Waals surface area contributed by atoms with E-state index in [0.29, 0.717) is 5.75 Å². The molecule has 0 amide bonds. The van der Waals surface area contributed by atoms with Gasteiger partial charge in [-0.05, 0) is 42.9 Å². The highest BCUT2D eigenvalue weighted by Gasteiger charge is 2.27. The molecule has 0 radical (unpaired) electrons. The number of methoxy groups -OCH3 is 1. The van der Waals surface area contributed by atoms with Crippen LogP contribution in [0.2, 0.25) is 0 Å². The first-order valence-corrected chi connectivity index (χ1v) is 7.19. The second kappa shape index (κ2) is 6.55. The molecular weight excluding hydrogens is 257 g/mol. The Hall–Kier alpha value is -1.13. The van der Waals surface area contributed by atoms with E-state index in [-0.39, 0.29) is 17.3 Å². The molecule has 0 saturated carbocycles. The lowest BCUT2D eigenvalue weighted by molar-refractivity contribution is 0.0231. The van der Waals surface area contributed by atoms with E-state index in [0.717, 1.165) is 38.2 Å². The Bertz CT molecular complexity index is 444. The standard InChI is InChI=1S/C16H24FNO2/c1-12(13-4-5-14(17)15(10-13)19-3)18-11-16(2)6-8-20-9-7-16/h4-5,10,12,18H,6-9,11H2,1-3H3. The maximum Gasteiger partial charge on any atom is 0.165 e. The third kappa shape index (κ3) is 3.70. The molecule has 0 spiro atoms. The summed E-state index contributed by atoms with van der Waals surface area (Å²) in [6.45, 7) is 7.01. The van der Waals surface area contributed by atoms with Crippen molar-refractivity contribution in [3.05, 3.63) is 29.6 Å². The summed E-state index contributed by atoms with van der Waals surface area (Å²) in [6, 6.07) is 5.20. The average Bonchev–Trinajstić information content (AvgIpc) is 2.46. The van der Waals surface area contributed by atoms with Crippen molar-refractivity contribution in [1.29, 1.82) is 0 Å². The molecule has 1 aromatic rings. The van der Waals surface area contributed by atoms with E-state index < -0.39 is 0 Å². The van der Waals surface area contributed by atoms with Crippen LogP contribution in [0.25, 0.3) is 0 Å². The minimum atomic E-state index is -0.320. The zero-order chi connectivity index (χ0) is 14.6. The first-order chi connectivity index (χ1) is 9.54. The van der Waals surface area contributed by atoms with Crippen molar-refractivity contribution in [3.63, 3.8) is 0 Å². The van der Waals surface area contributed by atoms with Crippen LogP contribution in [-0.2, 0) is 4.74 Å². The first kappa shape index (κ1) is 15.3. The fourth-order valence-electron chi connectivity index (χ4n) is 2.50. The van der Waals surface area contributed by atoms with Crippen LogP contribution >= 0.6 is 0 Å². The Balaban J connectivity index is 1.95. The van der Waals surface area contributed by atoms with Gasteiger partial charge in [0.25, 0.3) is 0 Å². The molecule has 112 valence electrons. The number of hydrogen-bond acceptors (Lipinski definition) is 3. The molecule has 1 aliphatic heterocycles. The number of halogens is 1. The summed E-state index contributed by atoms with van der Waals surface area (Å²) in [6.07, 6.45) is 2.17. The second-order valence-electron chi connectivity index (χ2n) is 5.92. The third-order valence-corrected chi connectivity index (χ3v) is 4.21. The minimum absolute atomic E-state index is 0.171. The number of benzene rings is 1. The fourth-order valence-corrected chi connectivity index (χ4v) is 2.50. The van der Waals surface area contributed by atoms with Crippen LogP contribution < -0.4 is 10.1 Å². The normalized spacial score (nSPS) is 19.6. The summed E-state index contributed by atoms with van der Waals surface area (Å²) in [5, 5.41) is 3.55. The molecule has 1 saturated heterocycles. The highest BCUT2D eigenvalue weighted by atomic mass is 19.1. The van der Waals surface area contributed by atoms with E-state index in [9.17, 15) is 4.39 Å². The largest absolute Gasteiger partial charge is 0.494 e. The highest BCUT2D eigenvalue weighted by molar-refractivity contribution is 5.31. The van der Waals surface area contributed by atoms with Crippen LogP contribution in [0.5, 0.6) is 5.75 Å². The Morgan fingerprint density at radius 2 is 2.10 bits per heavy atom. The molecule has 0 bridgehead atoms. The molecule has 0 aromatic heterocycles. The van der Waals surface area contributed by atoms with E-state index >= 15 is 0 Å². The van der Waals surface area contributed by atoms with Gasteiger partial charge in [0, 0.05) is 25.8 Å². The van der Waals surface area contributed by atoms with Crippen LogP contribution in [-0.4, -0.2) is 26.9 Å². The average molecular weight is 281 g/mol. The molecule has 1 aromatic carbocycles. The first-order valence-electron chi connectivity index (χ1n) is 7.19. The molecule has 1 N–H and O–H groups in total. The van der Waals surface area contributed by atoms with Gasteiger partial charge < -0.3 is 14.8 Å². The molecule has 1 fully saturated rings. The predicted molar refractivity (Wildman–Crippen MR) is 77.5 cm³/mol. The number of nitrogens with one attached hydrogen (secondary N) is 1. The summed E-state index contributed by atoms with van der Waals surface area (Å²) in [5.74, 6) is -0.0201. The molecule has 1 atom stereocenters. The second-order valence-corrected chi connectivity index (χ2v) is 5.92. The van der Waals surface area contributed by atoms with E-state index in [1.165, 1.54) is 13.2 Å². The minimum Gasteiger partial charge on any atom is -0.494 e. The van der Waals surface area contributed by atoms with Gasteiger partial charge in [0.2, 0.25) is 0 Å². The molecule has 4 heteroatoms.